The molecule has 5 nitrogen and oxygen atoms in total. The van der Waals surface area contributed by atoms with Gasteiger partial charge in [0.25, 0.3) is 5.91 Å². The van der Waals surface area contributed by atoms with E-state index in [4.69, 9.17) is 9.47 Å². The van der Waals surface area contributed by atoms with Crippen LogP contribution in [-0.2, 0) is 25.6 Å². The summed E-state index contributed by atoms with van der Waals surface area (Å²) in [6.45, 7) is 2.52. The van der Waals surface area contributed by atoms with E-state index in [2.05, 4.69) is 0 Å². The fraction of sp³-hybridized carbons (Fsp3) is 0.412. The molecule has 5 heteroatoms. The topological polar surface area (TPSA) is 55.8 Å². The summed E-state index contributed by atoms with van der Waals surface area (Å²) in [7, 11) is 1.32. The lowest BCUT2D eigenvalue weighted by atomic mass is 10.1. The Balaban J connectivity index is 2.22. The highest BCUT2D eigenvalue weighted by atomic mass is 16.5. The molecular weight excluding hydrogens is 282 g/mol. The van der Waals surface area contributed by atoms with Gasteiger partial charge in [0.1, 0.15) is 6.04 Å². The number of carbonyl (C=O) groups excluding carboxylic acids is 2. The molecule has 1 aromatic rings. The van der Waals surface area contributed by atoms with E-state index in [1.807, 2.05) is 30.3 Å². The summed E-state index contributed by atoms with van der Waals surface area (Å²) in [5.74, 6) is -0.403. The van der Waals surface area contributed by atoms with Gasteiger partial charge in [0.15, 0.2) is 5.76 Å². The average Bonchev–Trinajstić information content (AvgIpc) is 2.59. The van der Waals surface area contributed by atoms with E-state index in [0.717, 1.165) is 18.4 Å². The zero-order valence-corrected chi connectivity index (χ0v) is 13.0. The highest BCUT2D eigenvalue weighted by Crippen LogP contribution is 2.17. The molecule has 0 fully saturated rings. The van der Waals surface area contributed by atoms with Gasteiger partial charge in [-0.2, -0.15) is 0 Å². The molecule has 0 bridgehead atoms. The van der Waals surface area contributed by atoms with Crippen molar-refractivity contribution < 1.29 is 19.1 Å². The van der Waals surface area contributed by atoms with E-state index >= 15 is 0 Å². The average molecular weight is 303 g/mol. The molecule has 2 rings (SSSR count). The summed E-state index contributed by atoms with van der Waals surface area (Å²) >= 11 is 0. The molecule has 118 valence electrons. The maximum Gasteiger partial charge on any atom is 0.328 e. The predicted molar refractivity (Wildman–Crippen MR) is 81.7 cm³/mol. The lowest BCUT2D eigenvalue weighted by Crippen LogP contribution is -2.44. The van der Waals surface area contributed by atoms with E-state index in [-0.39, 0.29) is 5.91 Å². The molecule has 0 radical (unpaired) electrons. The number of rotatable bonds is 5. The molecule has 0 spiro atoms. The second-order valence-electron chi connectivity index (χ2n) is 5.18. The predicted octanol–water partition coefficient (Wildman–Crippen LogP) is 2.27. The SMILES string of the molecule is COC(=O)[C@H](C)N(Cc1ccccc1)C(=O)C1=CCCCO1. The zero-order chi connectivity index (χ0) is 15.9. The Labute approximate surface area is 130 Å². The summed E-state index contributed by atoms with van der Waals surface area (Å²) < 4.78 is 10.2. The number of ether oxygens (including phenoxy) is 2. The first-order valence-corrected chi connectivity index (χ1v) is 7.39. The Kier molecular flexibility index (Phi) is 5.58. The molecule has 0 saturated heterocycles. The summed E-state index contributed by atoms with van der Waals surface area (Å²) in [5, 5.41) is 0. The highest BCUT2D eigenvalue weighted by Gasteiger charge is 2.30. The van der Waals surface area contributed by atoms with E-state index in [1.165, 1.54) is 12.0 Å². The van der Waals surface area contributed by atoms with Gasteiger partial charge in [0, 0.05) is 6.54 Å². The number of allylic oxidation sites excluding steroid dienone is 1. The molecule has 22 heavy (non-hydrogen) atoms. The molecule has 0 unspecified atom stereocenters. The summed E-state index contributed by atoms with van der Waals surface area (Å²) in [5.41, 5.74) is 0.947. The molecule has 1 aliphatic heterocycles. The van der Waals surface area contributed by atoms with Gasteiger partial charge in [-0.3, -0.25) is 4.79 Å². The molecule has 0 saturated carbocycles. The van der Waals surface area contributed by atoms with Gasteiger partial charge in [-0.15, -0.1) is 0 Å². The highest BCUT2D eigenvalue weighted by molar-refractivity contribution is 5.94. The Morgan fingerprint density at radius 1 is 1.32 bits per heavy atom. The van der Waals surface area contributed by atoms with Gasteiger partial charge in [-0.05, 0) is 31.4 Å². The Morgan fingerprint density at radius 3 is 2.64 bits per heavy atom. The fourth-order valence-electron chi connectivity index (χ4n) is 2.31. The number of hydrogen-bond acceptors (Lipinski definition) is 4. The van der Waals surface area contributed by atoms with Crippen LogP contribution in [0.15, 0.2) is 42.2 Å². The van der Waals surface area contributed by atoms with E-state index in [9.17, 15) is 9.59 Å². The van der Waals surface area contributed by atoms with Crippen LogP contribution in [0.4, 0.5) is 0 Å². The van der Waals surface area contributed by atoms with Crippen LogP contribution >= 0.6 is 0 Å². The van der Waals surface area contributed by atoms with Gasteiger partial charge in [0.05, 0.1) is 13.7 Å². The van der Waals surface area contributed by atoms with Crippen molar-refractivity contribution in [1.29, 1.82) is 0 Å². The zero-order valence-electron chi connectivity index (χ0n) is 13.0. The van der Waals surface area contributed by atoms with E-state index in [1.54, 1.807) is 13.0 Å². The quantitative estimate of drug-likeness (QED) is 0.783. The van der Waals surface area contributed by atoms with Crippen LogP contribution in [0.3, 0.4) is 0 Å². The molecule has 1 amide bonds. The number of hydrogen-bond donors (Lipinski definition) is 0. The van der Waals surface area contributed by atoms with Crippen molar-refractivity contribution in [2.45, 2.75) is 32.4 Å². The van der Waals surface area contributed by atoms with Crippen LogP contribution in [0, 0.1) is 0 Å². The van der Waals surface area contributed by atoms with Gasteiger partial charge in [-0.1, -0.05) is 30.3 Å². The third-order valence-corrected chi connectivity index (χ3v) is 3.61. The van der Waals surface area contributed by atoms with Crippen molar-refractivity contribution in [1.82, 2.24) is 4.90 Å². The van der Waals surface area contributed by atoms with Crippen LogP contribution in [0.1, 0.15) is 25.3 Å². The van der Waals surface area contributed by atoms with Crippen molar-refractivity contribution in [2.24, 2.45) is 0 Å². The summed E-state index contributed by atoms with van der Waals surface area (Å²) in [6, 6.07) is 8.87. The third-order valence-electron chi connectivity index (χ3n) is 3.61. The number of esters is 1. The van der Waals surface area contributed by atoms with Crippen molar-refractivity contribution in [3.63, 3.8) is 0 Å². The first kappa shape index (κ1) is 16.1. The second-order valence-corrected chi connectivity index (χ2v) is 5.18. The molecule has 0 aliphatic carbocycles. The van der Waals surface area contributed by atoms with Gasteiger partial charge < -0.3 is 14.4 Å². The third kappa shape index (κ3) is 3.87. The molecule has 1 heterocycles. The van der Waals surface area contributed by atoms with Gasteiger partial charge in [-0.25, -0.2) is 4.79 Å². The number of carbonyl (C=O) groups is 2. The van der Waals surface area contributed by atoms with Gasteiger partial charge in [0.2, 0.25) is 0 Å². The maximum atomic E-state index is 12.7. The standard InChI is InChI=1S/C17H21NO4/c1-13(17(20)21-2)18(12-14-8-4-3-5-9-14)16(19)15-10-6-7-11-22-15/h3-5,8-10,13H,6-7,11-12H2,1-2H3/t13-/m0/s1. The monoisotopic (exact) mass is 303 g/mol. The van der Waals surface area contributed by atoms with Crippen LogP contribution in [0.2, 0.25) is 0 Å². The van der Waals surface area contributed by atoms with Crippen molar-refractivity contribution in [3.05, 3.63) is 47.7 Å². The van der Waals surface area contributed by atoms with Crippen LogP contribution < -0.4 is 0 Å². The minimum absolute atomic E-state index is 0.276. The molecule has 1 aliphatic rings. The lowest BCUT2D eigenvalue weighted by molar-refractivity contribution is -0.152. The summed E-state index contributed by atoms with van der Waals surface area (Å²) in [6.07, 6.45) is 3.50. The normalized spacial score (nSPS) is 15.3. The van der Waals surface area contributed by atoms with Crippen molar-refractivity contribution in [2.75, 3.05) is 13.7 Å². The fourth-order valence-corrected chi connectivity index (χ4v) is 2.31. The first-order valence-electron chi connectivity index (χ1n) is 7.39. The van der Waals surface area contributed by atoms with Gasteiger partial charge >= 0.3 is 5.97 Å². The van der Waals surface area contributed by atoms with Crippen LogP contribution in [0.25, 0.3) is 0 Å². The maximum absolute atomic E-state index is 12.7. The smallest absolute Gasteiger partial charge is 0.328 e. The van der Waals surface area contributed by atoms with E-state index in [0.29, 0.717) is 18.9 Å². The number of methoxy groups -OCH3 is 1. The number of amides is 1. The first-order chi connectivity index (χ1) is 10.6. The van der Waals surface area contributed by atoms with E-state index < -0.39 is 12.0 Å². The number of nitrogens with zero attached hydrogens (tertiary/aromatic N) is 1. The molecule has 1 atom stereocenters. The van der Waals surface area contributed by atoms with Crippen molar-refractivity contribution in [3.8, 4) is 0 Å². The van der Waals surface area contributed by atoms with Crippen LogP contribution in [-0.4, -0.2) is 36.5 Å². The second kappa shape index (κ2) is 7.64. The minimum Gasteiger partial charge on any atom is -0.488 e. The largest absolute Gasteiger partial charge is 0.488 e. The lowest BCUT2D eigenvalue weighted by Gasteiger charge is -2.29. The molecule has 0 aromatic heterocycles. The Hall–Kier alpha value is -2.30. The molecular formula is C17H21NO4. The minimum atomic E-state index is -0.677. The summed E-state index contributed by atoms with van der Waals surface area (Å²) in [4.78, 5) is 26.0. The molecule has 1 aromatic carbocycles. The number of benzene rings is 1. The van der Waals surface area contributed by atoms with Crippen molar-refractivity contribution >= 4 is 11.9 Å². The Bertz CT molecular complexity index is 553. The Morgan fingerprint density at radius 2 is 2.05 bits per heavy atom. The van der Waals surface area contributed by atoms with Crippen LogP contribution in [0.5, 0.6) is 0 Å². The molecule has 0 N–H and O–H groups in total.